The number of nitrogen functional groups attached to an aromatic ring is 1. The molecule has 3 rings (SSSR count). The van der Waals surface area contributed by atoms with Gasteiger partial charge in [0.25, 0.3) is 0 Å². The van der Waals surface area contributed by atoms with Crippen LogP contribution in [0.2, 0.25) is 0 Å². The van der Waals surface area contributed by atoms with Crippen molar-refractivity contribution >= 4 is 17.0 Å². The van der Waals surface area contributed by atoms with Crippen LogP contribution >= 0.6 is 0 Å². The third-order valence-corrected chi connectivity index (χ3v) is 4.32. The number of fused-ring (bicyclic) bond motifs is 1. The molecule has 6 heteroatoms. The third kappa shape index (κ3) is 2.59. The molecule has 1 saturated carbocycles. The van der Waals surface area contributed by atoms with Gasteiger partial charge < -0.3 is 10.3 Å². The van der Waals surface area contributed by atoms with Gasteiger partial charge in [0.05, 0.1) is 16.6 Å². The van der Waals surface area contributed by atoms with Crippen molar-refractivity contribution in [3.63, 3.8) is 0 Å². The van der Waals surface area contributed by atoms with Crippen LogP contribution in [0.5, 0.6) is 0 Å². The standard InChI is InChI=1S/C15H18F3N3/c1-9-3-2-4-11(7-9)21-13-6-5-10(15(16,17)18)8-12(13)20-14(21)19/h5-6,8-9,11H,2-4,7H2,1H3,(H2,19,20). The Balaban J connectivity index is 2.05. The van der Waals surface area contributed by atoms with Crippen LogP contribution in [0.3, 0.4) is 0 Å². The fourth-order valence-electron chi connectivity index (χ4n) is 3.31. The van der Waals surface area contributed by atoms with Crippen LogP contribution in [0, 0.1) is 5.92 Å². The van der Waals surface area contributed by atoms with Crippen LogP contribution in [0.4, 0.5) is 19.1 Å². The van der Waals surface area contributed by atoms with Crippen LogP contribution in [0.1, 0.15) is 44.2 Å². The van der Waals surface area contributed by atoms with Crippen LogP contribution in [-0.4, -0.2) is 9.55 Å². The summed E-state index contributed by atoms with van der Waals surface area (Å²) in [5, 5.41) is 0. The van der Waals surface area contributed by atoms with Crippen LogP contribution < -0.4 is 5.73 Å². The highest BCUT2D eigenvalue weighted by atomic mass is 19.4. The van der Waals surface area contributed by atoms with Gasteiger partial charge in [0.15, 0.2) is 0 Å². The van der Waals surface area contributed by atoms with Crippen molar-refractivity contribution in [2.24, 2.45) is 5.92 Å². The second-order valence-electron chi connectivity index (χ2n) is 5.97. The van der Waals surface area contributed by atoms with Gasteiger partial charge in [-0.15, -0.1) is 0 Å². The molecule has 1 aromatic carbocycles. The first kappa shape index (κ1) is 14.2. The van der Waals surface area contributed by atoms with Crippen molar-refractivity contribution in [2.75, 3.05) is 5.73 Å². The Hall–Kier alpha value is -1.72. The van der Waals surface area contributed by atoms with E-state index in [1.54, 1.807) is 0 Å². The SMILES string of the molecule is CC1CCCC(n2c(N)nc3cc(C(F)(F)F)ccc32)C1. The summed E-state index contributed by atoms with van der Waals surface area (Å²) in [5.74, 6) is 0.915. The average Bonchev–Trinajstić information content (AvgIpc) is 2.72. The topological polar surface area (TPSA) is 43.8 Å². The summed E-state index contributed by atoms with van der Waals surface area (Å²) >= 11 is 0. The third-order valence-electron chi connectivity index (χ3n) is 4.32. The number of hydrogen-bond acceptors (Lipinski definition) is 2. The molecule has 0 bridgehead atoms. The van der Waals surface area contributed by atoms with E-state index in [0.29, 0.717) is 22.9 Å². The van der Waals surface area contributed by atoms with Crippen molar-refractivity contribution in [3.8, 4) is 0 Å². The minimum atomic E-state index is -4.36. The highest BCUT2D eigenvalue weighted by Crippen LogP contribution is 2.37. The molecule has 1 aliphatic rings. The molecule has 2 aromatic rings. The Labute approximate surface area is 121 Å². The lowest BCUT2D eigenvalue weighted by Gasteiger charge is -2.28. The molecule has 0 aliphatic heterocycles. The van der Waals surface area contributed by atoms with Gasteiger partial charge in [-0.2, -0.15) is 13.2 Å². The number of hydrogen-bond donors (Lipinski definition) is 1. The summed E-state index contributed by atoms with van der Waals surface area (Å²) < 4.78 is 40.2. The molecule has 2 unspecified atom stereocenters. The maximum absolute atomic E-state index is 12.8. The molecular formula is C15H18F3N3. The molecule has 3 nitrogen and oxygen atoms in total. The van der Waals surface area contributed by atoms with E-state index in [4.69, 9.17) is 5.73 Å². The number of nitrogens with two attached hydrogens (primary N) is 1. The number of imidazole rings is 1. The molecule has 2 N–H and O–H groups in total. The number of rotatable bonds is 1. The van der Waals surface area contributed by atoms with Gasteiger partial charge >= 0.3 is 6.18 Å². The van der Waals surface area contributed by atoms with Crippen LogP contribution in [0.15, 0.2) is 18.2 Å². The zero-order valence-corrected chi connectivity index (χ0v) is 11.8. The lowest BCUT2D eigenvalue weighted by atomic mass is 9.87. The van der Waals surface area contributed by atoms with Crippen LogP contribution in [0.25, 0.3) is 11.0 Å². The molecule has 114 valence electrons. The van der Waals surface area contributed by atoms with Gasteiger partial charge in [0, 0.05) is 6.04 Å². The second-order valence-corrected chi connectivity index (χ2v) is 5.97. The molecule has 1 fully saturated rings. The highest BCUT2D eigenvalue weighted by molar-refractivity contribution is 5.79. The Morgan fingerprint density at radius 2 is 2.05 bits per heavy atom. The molecule has 1 heterocycles. The van der Waals surface area contributed by atoms with Crippen molar-refractivity contribution in [1.29, 1.82) is 0 Å². The summed E-state index contributed by atoms with van der Waals surface area (Å²) in [6, 6.07) is 3.90. The van der Waals surface area contributed by atoms with Crippen molar-refractivity contribution < 1.29 is 13.2 Å². The van der Waals surface area contributed by atoms with Gasteiger partial charge in [-0.3, -0.25) is 0 Å². The molecule has 1 aromatic heterocycles. The maximum Gasteiger partial charge on any atom is 0.416 e. The van der Waals surface area contributed by atoms with E-state index in [1.807, 2.05) is 4.57 Å². The largest absolute Gasteiger partial charge is 0.416 e. The van der Waals surface area contributed by atoms with E-state index >= 15 is 0 Å². The number of aromatic nitrogens is 2. The van der Waals surface area contributed by atoms with E-state index in [0.717, 1.165) is 31.4 Å². The van der Waals surface area contributed by atoms with Crippen molar-refractivity contribution in [2.45, 2.75) is 44.8 Å². The van der Waals surface area contributed by atoms with Crippen LogP contribution in [-0.2, 0) is 6.18 Å². The molecule has 0 amide bonds. The average molecular weight is 297 g/mol. The fourth-order valence-corrected chi connectivity index (χ4v) is 3.31. The number of nitrogens with zero attached hydrogens (tertiary/aromatic N) is 2. The summed E-state index contributed by atoms with van der Waals surface area (Å²) in [4.78, 5) is 4.13. The smallest absolute Gasteiger partial charge is 0.369 e. The van der Waals surface area contributed by atoms with Gasteiger partial charge in [-0.1, -0.05) is 19.8 Å². The number of alkyl halides is 3. The van der Waals surface area contributed by atoms with E-state index in [2.05, 4.69) is 11.9 Å². The Bertz CT molecular complexity index is 660. The molecule has 0 spiro atoms. The van der Waals surface area contributed by atoms with E-state index in [-0.39, 0.29) is 6.04 Å². The van der Waals surface area contributed by atoms with Crippen molar-refractivity contribution in [1.82, 2.24) is 9.55 Å². The Morgan fingerprint density at radius 3 is 2.71 bits per heavy atom. The van der Waals surface area contributed by atoms with Crippen molar-refractivity contribution in [3.05, 3.63) is 23.8 Å². The summed E-state index contributed by atoms with van der Waals surface area (Å²) in [6.45, 7) is 2.20. The first-order chi connectivity index (χ1) is 9.86. The molecule has 1 aliphatic carbocycles. The van der Waals surface area contributed by atoms with E-state index in [1.165, 1.54) is 12.5 Å². The zero-order chi connectivity index (χ0) is 15.2. The zero-order valence-electron chi connectivity index (χ0n) is 11.8. The minimum Gasteiger partial charge on any atom is -0.369 e. The van der Waals surface area contributed by atoms with Gasteiger partial charge in [0.2, 0.25) is 5.95 Å². The lowest BCUT2D eigenvalue weighted by molar-refractivity contribution is -0.137. The fraction of sp³-hybridized carbons (Fsp3) is 0.533. The van der Waals surface area contributed by atoms with Gasteiger partial charge in [-0.25, -0.2) is 4.98 Å². The predicted molar refractivity (Wildman–Crippen MR) is 75.8 cm³/mol. The predicted octanol–water partition coefficient (Wildman–Crippen LogP) is 4.39. The Morgan fingerprint density at radius 1 is 1.29 bits per heavy atom. The summed E-state index contributed by atoms with van der Waals surface area (Å²) in [6.07, 6.45) is -0.0450. The molecule has 0 radical (unpaired) electrons. The second kappa shape index (κ2) is 4.93. The highest BCUT2D eigenvalue weighted by Gasteiger charge is 2.31. The molecule has 21 heavy (non-hydrogen) atoms. The molecule has 0 saturated heterocycles. The quantitative estimate of drug-likeness (QED) is 0.848. The van der Waals surface area contributed by atoms with E-state index < -0.39 is 11.7 Å². The number of anilines is 1. The van der Waals surface area contributed by atoms with Gasteiger partial charge in [-0.05, 0) is 37.0 Å². The molecule has 2 atom stereocenters. The van der Waals surface area contributed by atoms with E-state index in [9.17, 15) is 13.2 Å². The number of benzene rings is 1. The lowest BCUT2D eigenvalue weighted by Crippen LogP contribution is -2.19. The Kier molecular flexibility index (Phi) is 3.34. The molecular weight excluding hydrogens is 279 g/mol. The first-order valence-corrected chi connectivity index (χ1v) is 7.21. The summed E-state index contributed by atoms with van der Waals surface area (Å²) in [7, 11) is 0. The maximum atomic E-state index is 12.8. The normalized spacial score (nSPS) is 23.6. The minimum absolute atomic E-state index is 0.232. The summed E-state index contributed by atoms with van der Waals surface area (Å²) in [5.41, 5.74) is 6.29. The van der Waals surface area contributed by atoms with Gasteiger partial charge in [0.1, 0.15) is 0 Å². The number of halogens is 3. The monoisotopic (exact) mass is 297 g/mol. The first-order valence-electron chi connectivity index (χ1n) is 7.21.